The molecule has 2 aromatic carbocycles. The third-order valence-electron chi connectivity index (χ3n) is 3.87. The molecule has 0 saturated heterocycles. The number of nitrogens with one attached hydrogen (secondary N) is 1. The van der Waals surface area contributed by atoms with Gasteiger partial charge in [0.25, 0.3) is 5.91 Å². The molecule has 1 amide bonds. The summed E-state index contributed by atoms with van der Waals surface area (Å²) in [4.78, 5) is 16.3. The molecule has 1 aromatic heterocycles. The molecular weight excluding hydrogens is 304 g/mol. The summed E-state index contributed by atoms with van der Waals surface area (Å²) < 4.78 is 1.65. The first-order valence-electron chi connectivity index (χ1n) is 7.60. The average Bonchev–Trinajstić information content (AvgIpc) is 3.14. The quantitative estimate of drug-likeness (QED) is 0.753. The maximum absolute atomic E-state index is 12.4. The zero-order valence-corrected chi connectivity index (χ0v) is 13.3. The van der Waals surface area contributed by atoms with Crippen LogP contribution in [0.25, 0.3) is 5.69 Å². The van der Waals surface area contributed by atoms with Crippen molar-refractivity contribution in [1.29, 1.82) is 0 Å². The molecule has 0 atom stereocenters. The number of aromatic nitrogens is 3. The Kier molecular flexibility index (Phi) is 4.67. The normalized spacial score (nSPS) is 10.6. The molecule has 0 aliphatic heterocycles. The van der Waals surface area contributed by atoms with E-state index in [4.69, 9.17) is 0 Å². The Morgan fingerprint density at radius 2 is 2.00 bits per heavy atom. The fourth-order valence-electron chi connectivity index (χ4n) is 2.54. The van der Waals surface area contributed by atoms with E-state index in [2.05, 4.69) is 15.4 Å². The second-order valence-electron chi connectivity index (χ2n) is 5.45. The summed E-state index contributed by atoms with van der Waals surface area (Å²) in [5, 5.41) is 16.3. The molecule has 122 valence electrons. The van der Waals surface area contributed by atoms with E-state index in [1.54, 1.807) is 17.1 Å². The zero-order valence-electron chi connectivity index (χ0n) is 13.3. The van der Waals surface area contributed by atoms with E-state index in [-0.39, 0.29) is 12.5 Å². The van der Waals surface area contributed by atoms with E-state index in [0.717, 1.165) is 22.4 Å². The van der Waals surface area contributed by atoms with Crippen molar-refractivity contribution >= 4 is 5.91 Å². The van der Waals surface area contributed by atoms with Gasteiger partial charge in [-0.05, 0) is 41.8 Å². The zero-order chi connectivity index (χ0) is 16.9. The van der Waals surface area contributed by atoms with Gasteiger partial charge in [-0.2, -0.15) is 5.10 Å². The molecule has 0 aliphatic carbocycles. The number of hydrogen-bond acceptors (Lipinski definition) is 4. The third-order valence-corrected chi connectivity index (χ3v) is 3.87. The Balaban J connectivity index is 1.73. The van der Waals surface area contributed by atoms with E-state index < -0.39 is 0 Å². The Hall–Kier alpha value is -2.99. The molecule has 0 fully saturated rings. The highest BCUT2D eigenvalue weighted by molar-refractivity contribution is 5.95. The maximum Gasteiger partial charge on any atom is 0.251 e. The number of benzene rings is 2. The van der Waals surface area contributed by atoms with Crippen molar-refractivity contribution < 1.29 is 9.90 Å². The number of carbonyl (C=O) groups is 1. The van der Waals surface area contributed by atoms with Crippen LogP contribution in [0.15, 0.2) is 55.1 Å². The topological polar surface area (TPSA) is 80.0 Å². The first-order chi connectivity index (χ1) is 11.7. The fraction of sp³-hybridized carbons (Fsp3) is 0.167. The number of hydrogen-bond donors (Lipinski definition) is 2. The van der Waals surface area contributed by atoms with Gasteiger partial charge in [0.05, 0.1) is 12.3 Å². The molecule has 24 heavy (non-hydrogen) atoms. The molecular formula is C18H18N4O2. The van der Waals surface area contributed by atoms with Crippen molar-refractivity contribution in [3.05, 3.63) is 77.4 Å². The standard InChI is InChI=1S/C18H18N4O2/c1-13-8-16(22-12-19-11-21-22)6-7-17(13)18(24)20-9-14-4-2-3-5-15(14)10-23/h2-8,11-12,23H,9-10H2,1H3,(H,20,24). The molecule has 3 aromatic rings. The predicted octanol–water partition coefficient (Wildman–Crippen LogP) is 2.00. The van der Waals surface area contributed by atoms with Gasteiger partial charge in [-0.1, -0.05) is 24.3 Å². The minimum Gasteiger partial charge on any atom is -0.392 e. The van der Waals surface area contributed by atoms with Gasteiger partial charge >= 0.3 is 0 Å². The molecule has 0 spiro atoms. The molecule has 6 heteroatoms. The summed E-state index contributed by atoms with van der Waals surface area (Å²) in [7, 11) is 0. The van der Waals surface area contributed by atoms with Gasteiger partial charge in [-0.25, -0.2) is 9.67 Å². The summed E-state index contributed by atoms with van der Waals surface area (Å²) in [6, 6.07) is 13.0. The lowest BCUT2D eigenvalue weighted by molar-refractivity contribution is 0.0950. The number of aliphatic hydroxyl groups is 1. The third kappa shape index (κ3) is 3.33. The number of aliphatic hydroxyl groups excluding tert-OH is 1. The lowest BCUT2D eigenvalue weighted by atomic mass is 10.1. The van der Waals surface area contributed by atoms with Gasteiger partial charge in [0.15, 0.2) is 0 Å². The number of aryl methyl sites for hydroxylation is 1. The monoisotopic (exact) mass is 322 g/mol. The first-order valence-corrected chi connectivity index (χ1v) is 7.60. The summed E-state index contributed by atoms with van der Waals surface area (Å²) in [6.45, 7) is 2.22. The second-order valence-corrected chi connectivity index (χ2v) is 5.45. The van der Waals surface area contributed by atoms with Crippen molar-refractivity contribution in [2.24, 2.45) is 0 Å². The van der Waals surface area contributed by atoms with E-state index in [1.165, 1.54) is 6.33 Å². The van der Waals surface area contributed by atoms with Crippen molar-refractivity contribution in [2.45, 2.75) is 20.1 Å². The Morgan fingerprint density at radius 1 is 1.21 bits per heavy atom. The minimum absolute atomic E-state index is 0.0440. The first kappa shape index (κ1) is 15.9. The predicted molar refractivity (Wildman–Crippen MR) is 89.6 cm³/mol. The Bertz CT molecular complexity index is 844. The molecule has 3 rings (SSSR count). The molecule has 0 saturated carbocycles. The van der Waals surface area contributed by atoms with Gasteiger partial charge in [0.2, 0.25) is 0 Å². The van der Waals surface area contributed by atoms with Crippen LogP contribution in [-0.4, -0.2) is 25.8 Å². The number of amides is 1. The van der Waals surface area contributed by atoms with Crippen molar-refractivity contribution in [1.82, 2.24) is 20.1 Å². The fourth-order valence-corrected chi connectivity index (χ4v) is 2.54. The highest BCUT2D eigenvalue weighted by Gasteiger charge is 2.11. The molecule has 0 bridgehead atoms. The van der Waals surface area contributed by atoms with Crippen LogP contribution in [0.5, 0.6) is 0 Å². The van der Waals surface area contributed by atoms with Crippen LogP contribution in [0.1, 0.15) is 27.0 Å². The summed E-state index contributed by atoms with van der Waals surface area (Å²) in [6.07, 6.45) is 3.08. The molecule has 0 radical (unpaired) electrons. The van der Waals surface area contributed by atoms with Crippen LogP contribution in [0.2, 0.25) is 0 Å². The lowest BCUT2D eigenvalue weighted by Gasteiger charge is -2.11. The van der Waals surface area contributed by atoms with Crippen LogP contribution < -0.4 is 5.32 Å². The molecule has 2 N–H and O–H groups in total. The van der Waals surface area contributed by atoms with Gasteiger partial charge in [0, 0.05) is 12.1 Å². The largest absolute Gasteiger partial charge is 0.392 e. The number of carbonyl (C=O) groups excluding carboxylic acids is 1. The number of nitrogens with zero attached hydrogens (tertiary/aromatic N) is 3. The van der Waals surface area contributed by atoms with Crippen LogP contribution in [-0.2, 0) is 13.2 Å². The lowest BCUT2D eigenvalue weighted by Crippen LogP contribution is -2.24. The van der Waals surface area contributed by atoms with Crippen molar-refractivity contribution in [3.63, 3.8) is 0 Å². The minimum atomic E-state index is -0.148. The van der Waals surface area contributed by atoms with Gasteiger partial charge in [-0.3, -0.25) is 4.79 Å². The van der Waals surface area contributed by atoms with Crippen LogP contribution in [0.3, 0.4) is 0 Å². The molecule has 0 aliphatic rings. The van der Waals surface area contributed by atoms with E-state index >= 15 is 0 Å². The van der Waals surface area contributed by atoms with Crippen LogP contribution in [0.4, 0.5) is 0 Å². The molecule has 1 heterocycles. The smallest absolute Gasteiger partial charge is 0.251 e. The maximum atomic E-state index is 12.4. The van der Waals surface area contributed by atoms with E-state index in [1.807, 2.05) is 43.3 Å². The van der Waals surface area contributed by atoms with Crippen LogP contribution in [0, 0.1) is 6.92 Å². The van der Waals surface area contributed by atoms with E-state index in [9.17, 15) is 9.90 Å². The molecule has 0 unspecified atom stereocenters. The highest BCUT2D eigenvalue weighted by Crippen LogP contribution is 2.14. The van der Waals surface area contributed by atoms with E-state index in [0.29, 0.717) is 12.1 Å². The second kappa shape index (κ2) is 7.06. The van der Waals surface area contributed by atoms with Gasteiger partial charge < -0.3 is 10.4 Å². The Morgan fingerprint density at radius 3 is 2.67 bits per heavy atom. The average molecular weight is 322 g/mol. The summed E-state index contributed by atoms with van der Waals surface area (Å²) in [5.74, 6) is -0.148. The van der Waals surface area contributed by atoms with Gasteiger partial charge in [0.1, 0.15) is 12.7 Å². The van der Waals surface area contributed by atoms with Crippen molar-refractivity contribution in [2.75, 3.05) is 0 Å². The van der Waals surface area contributed by atoms with Gasteiger partial charge in [-0.15, -0.1) is 0 Å². The SMILES string of the molecule is Cc1cc(-n2cncn2)ccc1C(=O)NCc1ccccc1CO. The molecule has 6 nitrogen and oxygen atoms in total. The highest BCUT2D eigenvalue weighted by atomic mass is 16.3. The summed E-state index contributed by atoms with van der Waals surface area (Å²) in [5.41, 5.74) is 4.05. The van der Waals surface area contributed by atoms with Crippen molar-refractivity contribution in [3.8, 4) is 5.69 Å². The van der Waals surface area contributed by atoms with Crippen LogP contribution >= 0.6 is 0 Å². The number of rotatable bonds is 5. The summed E-state index contributed by atoms with van der Waals surface area (Å²) >= 11 is 0. The Labute approximate surface area is 139 Å².